The largest absolute Gasteiger partial charge is 0.486 e. The molecule has 0 spiro atoms. The van der Waals surface area contributed by atoms with Crippen LogP contribution >= 0.6 is 0 Å². The average Bonchev–Trinajstić information content (AvgIpc) is 2.67. The van der Waals surface area contributed by atoms with Crippen LogP contribution in [0, 0.1) is 0 Å². The second kappa shape index (κ2) is 10.2. The molecule has 2 aromatic carbocycles. The number of carboxylic acids is 1. The van der Waals surface area contributed by atoms with Crippen molar-refractivity contribution in [3.8, 4) is 5.75 Å². The van der Waals surface area contributed by atoms with Gasteiger partial charge in [0.2, 0.25) is 0 Å². The van der Waals surface area contributed by atoms with Crippen LogP contribution in [0.1, 0.15) is 43.1 Å². The highest BCUT2D eigenvalue weighted by molar-refractivity contribution is 5.88. The van der Waals surface area contributed by atoms with Crippen molar-refractivity contribution in [2.75, 3.05) is 19.0 Å². The number of carboxylic acid groups (broad SMARTS) is 1. The molecule has 0 aromatic heterocycles. The molecule has 0 heterocycles. The first-order chi connectivity index (χ1) is 12.3. The molecule has 0 radical (unpaired) electrons. The maximum atomic E-state index is 10.4. The fourth-order valence-corrected chi connectivity index (χ4v) is 2.14. The number of hydrogen-bond donors (Lipinski definition) is 2. The Morgan fingerprint density at radius 2 is 1.85 bits per heavy atom. The van der Waals surface area contributed by atoms with E-state index in [0.29, 0.717) is 5.56 Å². The smallest absolute Gasteiger partial charge is 0.335 e. The third-order valence-corrected chi connectivity index (χ3v) is 4.24. The Morgan fingerprint density at radius 3 is 2.35 bits per heavy atom. The SMILES string of the molecule is CCC(C)(C)c1ccc(OCC=O)cc1.CNc1cccc(C(=O)O)c1. The summed E-state index contributed by atoms with van der Waals surface area (Å²) in [7, 11) is 1.75. The first kappa shape index (κ1) is 21.2. The summed E-state index contributed by atoms with van der Waals surface area (Å²) in [6.45, 7) is 6.73. The standard InChI is InChI=1S/C13H18O2.C8H9NO2/c1-4-13(2,3)11-5-7-12(8-6-11)15-10-9-14;1-9-7-4-2-3-6(5-7)8(10)11/h5-9H,4,10H2,1-3H3;2-5,9H,1H3,(H,10,11). The monoisotopic (exact) mass is 357 g/mol. The van der Waals surface area contributed by atoms with Crippen molar-refractivity contribution in [3.63, 3.8) is 0 Å². The third kappa shape index (κ3) is 6.59. The molecule has 2 N–H and O–H groups in total. The van der Waals surface area contributed by atoms with E-state index in [2.05, 4.69) is 38.2 Å². The number of nitrogens with one attached hydrogen (secondary N) is 1. The molecule has 26 heavy (non-hydrogen) atoms. The Kier molecular flexibility index (Phi) is 8.35. The molecule has 0 aliphatic carbocycles. The summed E-state index contributed by atoms with van der Waals surface area (Å²) in [5, 5.41) is 11.4. The van der Waals surface area contributed by atoms with Crippen LogP contribution in [0.2, 0.25) is 0 Å². The van der Waals surface area contributed by atoms with Crippen molar-refractivity contribution in [1.29, 1.82) is 0 Å². The predicted octanol–water partition coefficient (Wildman–Crippen LogP) is 4.38. The van der Waals surface area contributed by atoms with Crippen molar-refractivity contribution in [2.24, 2.45) is 0 Å². The zero-order chi connectivity index (χ0) is 19.6. The van der Waals surface area contributed by atoms with Crippen molar-refractivity contribution in [3.05, 3.63) is 59.7 Å². The van der Waals surface area contributed by atoms with Crippen molar-refractivity contribution >= 4 is 17.9 Å². The van der Waals surface area contributed by atoms with Gasteiger partial charge in [-0.05, 0) is 47.7 Å². The van der Waals surface area contributed by atoms with Crippen LogP contribution in [0.5, 0.6) is 5.75 Å². The topological polar surface area (TPSA) is 75.6 Å². The van der Waals surface area contributed by atoms with Gasteiger partial charge < -0.3 is 15.2 Å². The fourth-order valence-electron chi connectivity index (χ4n) is 2.14. The van der Waals surface area contributed by atoms with Gasteiger partial charge in [0.05, 0.1) is 5.56 Å². The van der Waals surface area contributed by atoms with Gasteiger partial charge >= 0.3 is 5.97 Å². The van der Waals surface area contributed by atoms with Crippen molar-refractivity contribution in [2.45, 2.75) is 32.6 Å². The molecule has 2 aromatic rings. The molecule has 0 atom stereocenters. The Hall–Kier alpha value is -2.82. The number of carbonyl (C=O) groups excluding carboxylic acids is 1. The molecule has 0 fully saturated rings. The summed E-state index contributed by atoms with van der Waals surface area (Å²) >= 11 is 0. The number of hydrogen-bond acceptors (Lipinski definition) is 4. The molecule has 140 valence electrons. The number of benzene rings is 2. The maximum absolute atomic E-state index is 10.4. The molecule has 0 unspecified atom stereocenters. The number of rotatable bonds is 7. The van der Waals surface area contributed by atoms with Gasteiger partial charge in [-0.2, -0.15) is 0 Å². The van der Waals surface area contributed by atoms with E-state index in [1.807, 2.05) is 18.2 Å². The van der Waals surface area contributed by atoms with Crippen LogP contribution in [-0.4, -0.2) is 31.0 Å². The lowest BCUT2D eigenvalue weighted by atomic mass is 9.82. The minimum Gasteiger partial charge on any atom is -0.486 e. The summed E-state index contributed by atoms with van der Waals surface area (Å²) in [5.41, 5.74) is 2.61. The second-order valence-electron chi connectivity index (χ2n) is 6.38. The van der Waals surface area contributed by atoms with Crippen LogP contribution in [-0.2, 0) is 10.2 Å². The van der Waals surface area contributed by atoms with Crippen LogP contribution in [0.25, 0.3) is 0 Å². The Bertz CT molecular complexity index is 708. The van der Waals surface area contributed by atoms with E-state index in [-0.39, 0.29) is 12.0 Å². The Morgan fingerprint density at radius 1 is 1.19 bits per heavy atom. The van der Waals surface area contributed by atoms with Gasteiger partial charge in [0.25, 0.3) is 0 Å². The lowest BCUT2D eigenvalue weighted by Crippen LogP contribution is -2.15. The molecule has 0 aliphatic heterocycles. The third-order valence-electron chi connectivity index (χ3n) is 4.24. The zero-order valence-electron chi connectivity index (χ0n) is 15.8. The van der Waals surface area contributed by atoms with Gasteiger partial charge in [0, 0.05) is 12.7 Å². The maximum Gasteiger partial charge on any atom is 0.335 e. The van der Waals surface area contributed by atoms with Crippen LogP contribution in [0.3, 0.4) is 0 Å². The molecular formula is C21H27NO4. The molecule has 0 aliphatic rings. The van der Waals surface area contributed by atoms with Crippen LogP contribution in [0.15, 0.2) is 48.5 Å². The molecular weight excluding hydrogens is 330 g/mol. The summed E-state index contributed by atoms with van der Waals surface area (Å²) in [6, 6.07) is 14.6. The van der Waals surface area contributed by atoms with Gasteiger partial charge in [-0.25, -0.2) is 4.79 Å². The van der Waals surface area contributed by atoms with Gasteiger partial charge in [0.15, 0.2) is 6.29 Å². The van der Waals surface area contributed by atoms with E-state index in [4.69, 9.17) is 9.84 Å². The van der Waals surface area contributed by atoms with E-state index in [1.165, 1.54) is 5.56 Å². The highest BCUT2D eigenvalue weighted by Gasteiger charge is 2.17. The van der Waals surface area contributed by atoms with Gasteiger partial charge in [-0.15, -0.1) is 0 Å². The van der Waals surface area contributed by atoms with E-state index in [0.717, 1.165) is 24.1 Å². The summed E-state index contributed by atoms with van der Waals surface area (Å²) < 4.78 is 5.19. The van der Waals surface area contributed by atoms with Gasteiger partial charge in [-0.1, -0.05) is 39.0 Å². The van der Waals surface area contributed by atoms with Gasteiger partial charge in [0.1, 0.15) is 12.4 Å². The lowest BCUT2D eigenvalue weighted by molar-refractivity contribution is -0.109. The average molecular weight is 357 g/mol. The Balaban J connectivity index is 0.000000273. The van der Waals surface area contributed by atoms with Gasteiger partial charge in [-0.3, -0.25) is 4.79 Å². The van der Waals surface area contributed by atoms with E-state index >= 15 is 0 Å². The first-order valence-corrected chi connectivity index (χ1v) is 8.52. The minimum atomic E-state index is -0.901. The molecule has 0 saturated carbocycles. The predicted molar refractivity (Wildman–Crippen MR) is 104 cm³/mol. The van der Waals surface area contributed by atoms with Crippen molar-refractivity contribution in [1.82, 2.24) is 0 Å². The van der Waals surface area contributed by atoms with Crippen LogP contribution in [0.4, 0.5) is 5.69 Å². The first-order valence-electron chi connectivity index (χ1n) is 8.52. The number of carbonyl (C=O) groups is 2. The molecule has 0 amide bonds. The molecule has 0 saturated heterocycles. The normalized spacial score (nSPS) is 10.3. The van der Waals surface area contributed by atoms with E-state index in [1.54, 1.807) is 25.2 Å². The van der Waals surface area contributed by atoms with E-state index < -0.39 is 5.97 Å². The number of aldehydes is 1. The highest BCUT2D eigenvalue weighted by atomic mass is 16.5. The molecule has 5 nitrogen and oxygen atoms in total. The quantitative estimate of drug-likeness (QED) is 0.719. The summed E-state index contributed by atoms with van der Waals surface area (Å²) in [5.74, 6) is -0.153. The highest BCUT2D eigenvalue weighted by Crippen LogP contribution is 2.27. The zero-order valence-corrected chi connectivity index (χ0v) is 15.8. The molecule has 2 rings (SSSR count). The van der Waals surface area contributed by atoms with Crippen molar-refractivity contribution < 1.29 is 19.4 Å². The molecule has 5 heteroatoms. The Labute approximate surface area is 155 Å². The summed E-state index contributed by atoms with van der Waals surface area (Å²) in [4.78, 5) is 20.6. The van der Waals surface area contributed by atoms with E-state index in [9.17, 15) is 9.59 Å². The van der Waals surface area contributed by atoms with Crippen LogP contribution < -0.4 is 10.1 Å². The summed E-state index contributed by atoms with van der Waals surface area (Å²) in [6.07, 6.45) is 1.85. The fraction of sp³-hybridized carbons (Fsp3) is 0.333. The lowest BCUT2D eigenvalue weighted by Gasteiger charge is -2.23. The second-order valence-corrected chi connectivity index (χ2v) is 6.38. The molecule has 0 bridgehead atoms. The number of anilines is 1. The minimum absolute atomic E-state index is 0.122. The number of aromatic carboxylic acids is 1. The number of ether oxygens (including phenoxy) is 1.